The van der Waals surface area contributed by atoms with E-state index in [1.807, 2.05) is 38.1 Å². The Morgan fingerprint density at radius 3 is 2.44 bits per heavy atom. The van der Waals surface area contributed by atoms with Crippen LogP contribution in [0.25, 0.3) is 0 Å². The number of hydrogen-bond donors (Lipinski definition) is 1. The van der Waals surface area contributed by atoms with Crippen LogP contribution in [0.3, 0.4) is 0 Å². The number of aryl methyl sites for hydroxylation is 1. The van der Waals surface area contributed by atoms with Crippen LogP contribution in [-0.2, 0) is 16.1 Å². The summed E-state index contributed by atoms with van der Waals surface area (Å²) in [7, 11) is 1.33. The molecular weight excluding hydrogens is 462 g/mol. The Labute approximate surface area is 211 Å². The number of hydrogen-bond acceptors (Lipinski definition) is 6. The van der Waals surface area contributed by atoms with E-state index in [0.717, 1.165) is 36.8 Å². The number of nitro groups is 1. The summed E-state index contributed by atoms with van der Waals surface area (Å²) in [6, 6.07) is 11.4. The van der Waals surface area contributed by atoms with Crippen LogP contribution in [0.15, 0.2) is 42.5 Å². The number of benzene rings is 2. The molecular formula is C27H35N3O6. The maximum Gasteiger partial charge on any atom is 0.311 e. The molecule has 2 aromatic rings. The fourth-order valence-corrected chi connectivity index (χ4v) is 4.48. The smallest absolute Gasteiger partial charge is 0.311 e. The van der Waals surface area contributed by atoms with Crippen molar-refractivity contribution >= 4 is 17.5 Å². The molecule has 0 radical (unpaired) electrons. The van der Waals surface area contributed by atoms with Gasteiger partial charge in [-0.05, 0) is 37.8 Å². The third kappa shape index (κ3) is 7.19. The highest BCUT2D eigenvalue weighted by atomic mass is 16.6. The van der Waals surface area contributed by atoms with Gasteiger partial charge in [-0.3, -0.25) is 19.7 Å². The lowest BCUT2D eigenvalue weighted by Gasteiger charge is -2.32. The highest BCUT2D eigenvalue weighted by Gasteiger charge is 2.30. The van der Waals surface area contributed by atoms with Crippen molar-refractivity contribution in [1.29, 1.82) is 0 Å². The zero-order valence-corrected chi connectivity index (χ0v) is 21.2. The quantitative estimate of drug-likeness (QED) is 0.360. The first kappa shape index (κ1) is 27.0. The summed E-state index contributed by atoms with van der Waals surface area (Å²) >= 11 is 0. The summed E-state index contributed by atoms with van der Waals surface area (Å²) < 4.78 is 10.8. The molecule has 0 aromatic heterocycles. The van der Waals surface area contributed by atoms with Gasteiger partial charge < -0.3 is 19.7 Å². The van der Waals surface area contributed by atoms with Crippen LogP contribution in [0.1, 0.15) is 56.6 Å². The number of ether oxygens (including phenoxy) is 2. The van der Waals surface area contributed by atoms with Crippen molar-refractivity contribution in [2.75, 3.05) is 13.7 Å². The van der Waals surface area contributed by atoms with Crippen molar-refractivity contribution in [2.24, 2.45) is 0 Å². The van der Waals surface area contributed by atoms with E-state index in [9.17, 15) is 19.7 Å². The summed E-state index contributed by atoms with van der Waals surface area (Å²) in [6.07, 6.45) is 5.76. The second-order valence-electron chi connectivity index (χ2n) is 9.15. The second-order valence-corrected chi connectivity index (χ2v) is 9.15. The molecule has 36 heavy (non-hydrogen) atoms. The van der Waals surface area contributed by atoms with Gasteiger partial charge in [-0.1, -0.05) is 56.0 Å². The molecule has 1 atom stereocenters. The normalized spacial score (nSPS) is 14.5. The molecule has 1 saturated carbocycles. The number of rotatable bonds is 11. The lowest BCUT2D eigenvalue weighted by Crippen LogP contribution is -2.52. The number of carbonyl (C=O) groups excluding carboxylic acids is 2. The molecule has 1 fully saturated rings. The minimum absolute atomic E-state index is 0.0414. The van der Waals surface area contributed by atoms with Crippen LogP contribution in [0.5, 0.6) is 11.5 Å². The molecule has 1 N–H and O–H groups in total. The molecule has 1 unspecified atom stereocenters. The van der Waals surface area contributed by atoms with Crippen molar-refractivity contribution < 1.29 is 24.0 Å². The Morgan fingerprint density at radius 2 is 1.83 bits per heavy atom. The summed E-state index contributed by atoms with van der Waals surface area (Å²) in [5, 5.41) is 14.3. The summed E-state index contributed by atoms with van der Waals surface area (Å²) in [5.41, 5.74) is 1.83. The van der Waals surface area contributed by atoms with Gasteiger partial charge in [0.25, 0.3) is 5.91 Å². The molecule has 2 amide bonds. The summed E-state index contributed by atoms with van der Waals surface area (Å²) in [5.74, 6) is -0.194. The fourth-order valence-electron chi connectivity index (χ4n) is 4.48. The third-order valence-corrected chi connectivity index (χ3v) is 6.52. The lowest BCUT2D eigenvalue weighted by molar-refractivity contribution is -0.385. The molecule has 9 nitrogen and oxygen atoms in total. The fraction of sp³-hybridized carbons (Fsp3) is 0.481. The Morgan fingerprint density at radius 1 is 1.14 bits per heavy atom. The van der Waals surface area contributed by atoms with Gasteiger partial charge >= 0.3 is 5.69 Å². The van der Waals surface area contributed by atoms with E-state index in [1.54, 1.807) is 4.90 Å². The number of nitro benzene ring substituents is 1. The zero-order valence-electron chi connectivity index (χ0n) is 21.2. The van der Waals surface area contributed by atoms with E-state index >= 15 is 0 Å². The van der Waals surface area contributed by atoms with Crippen LogP contribution in [0, 0.1) is 17.0 Å². The van der Waals surface area contributed by atoms with E-state index < -0.39 is 11.0 Å². The molecule has 0 saturated heterocycles. The van der Waals surface area contributed by atoms with Gasteiger partial charge in [-0.15, -0.1) is 0 Å². The number of carbonyl (C=O) groups is 2. The zero-order chi connectivity index (χ0) is 26.1. The predicted octanol–water partition coefficient (Wildman–Crippen LogP) is 4.55. The third-order valence-electron chi connectivity index (χ3n) is 6.52. The number of nitrogens with one attached hydrogen (secondary N) is 1. The monoisotopic (exact) mass is 497 g/mol. The first-order chi connectivity index (χ1) is 17.3. The second kappa shape index (κ2) is 12.9. The van der Waals surface area contributed by atoms with Crippen molar-refractivity contribution in [2.45, 2.75) is 71.0 Å². The maximum absolute atomic E-state index is 13.4. The first-order valence-electron chi connectivity index (χ1n) is 12.4. The molecule has 0 aliphatic heterocycles. The van der Waals surface area contributed by atoms with Gasteiger partial charge in [0.2, 0.25) is 11.7 Å². The molecule has 0 heterocycles. The largest absolute Gasteiger partial charge is 0.490 e. The Bertz CT molecular complexity index is 1050. The Kier molecular flexibility index (Phi) is 9.67. The van der Waals surface area contributed by atoms with Crippen molar-refractivity contribution in [3.8, 4) is 11.5 Å². The van der Waals surface area contributed by atoms with Gasteiger partial charge in [-0.25, -0.2) is 0 Å². The van der Waals surface area contributed by atoms with Crippen LogP contribution in [0.2, 0.25) is 0 Å². The highest BCUT2D eigenvalue weighted by Crippen LogP contribution is 2.31. The van der Waals surface area contributed by atoms with Gasteiger partial charge in [0.05, 0.1) is 12.0 Å². The minimum Gasteiger partial charge on any atom is -0.490 e. The maximum atomic E-state index is 13.4. The molecule has 1 aliphatic carbocycles. The minimum atomic E-state index is -0.643. The number of nitrogens with zero attached hydrogens (tertiary/aromatic N) is 2. The topological polar surface area (TPSA) is 111 Å². The van der Waals surface area contributed by atoms with E-state index in [4.69, 9.17) is 9.47 Å². The van der Waals surface area contributed by atoms with Crippen LogP contribution in [0.4, 0.5) is 5.69 Å². The predicted molar refractivity (Wildman–Crippen MR) is 136 cm³/mol. The molecule has 194 valence electrons. The van der Waals surface area contributed by atoms with Crippen LogP contribution >= 0.6 is 0 Å². The van der Waals surface area contributed by atoms with Gasteiger partial charge in [0, 0.05) is 24.7 Å². The van der Waals surface area contributed by atoms with Crippen LogP contribution < -0.4 is 14.8 Å². The number of amides is 2. The Balaban J connectivity index is 1.77. The van der Waals surface area contributed by atoms with E-state index in [2.05, 4.69) is 5.32 Å². The van der Waals surface area contributed by atoms with Gasteiger partial charge in [-0.2, -0.15) is 0 Å². The molecule has 0 spiro atoms. The molecule has 3 rings (SSSR count). The summed E-state index contributed by atoms with van der Waals surface area (Å²) in [6.45, 7) is 3.83. The SMILES string of the molecule is CCC(C(=O)NC1CCCCC1)N(Cc1ccc(C)cc1)C(=O)COc1ccc([N+](=O)[O-])c(OC)c1. The van der Waals surface area contributed by atoms with E-state index in [1.165, 1.54) is 31.7 Å². The van der Waals surface area contributed by atoms with E-state index in [-0.39, 0.29) is 48.2 Å². The summed E-state index contributed by atoms with van der Waals surface area (Å²) in [4.78, 5) is 38.8. The van der Waals surface area contributed by atoms with Crippen molar-refractivity contribution in [1.82, 2.24) is 10.2 Å². The molecule has 1 aliphatic rings. The Hall–Kier alpha value is -3.62. The van der Waals surface area contributed by atoms with Gasteiger partial charge in [0.15, 0.2) is 6.61 Å². The van der Waals surface area contributed by atoms with Crippen LogP contribution in [-0.4, -0.2) is 47.4 Å². The standard InChI is InChI=1S/C27H35N3O6/c1-4-23(27(32)28-21-8-6-5-7-9-21)29(17-20-12-10-19(2)11-13-20)26(31)18-36-22-14-15-24(30(33)34)25(16-22)35-3/h10-16,21,23H,4-9,17-18H2,1-3H3,(H,28,32). The number of methoxy groups -OCH3 is 1. The van der Waals surface area contributed by atoms with Crippen molar-refractivity contribution in [3.05, 3.63) is 63.7 Å². The average molecular weight is 498 g/mol. The van der Waals surface area contributed by atoms with Gasteiger partial charge in [0.1, 0.15) is 11.8 Å². The average Bonchev–Trinajstić information content (AvgIpc) is 2.88. The molecule has 9 heteroatoms. The van der Waals surface area contributed by atoms with E-state index in [0.29, 0.717) is 6.42 Å². The van der Waals surface area contributed by atoms with Crippen molar-refractivity contribution in [3.63, 3.8) is 0 Å². The first-order valence-corrected chi connectivity index (χ1v) is 12.4. The molecule has 0 bridgehead atoms. The molecule has 2 aromatic carbocycles. The lowest BCUT2D eigenvalue weighted by atomic mass is 9.95. The highest BCUT2D eigenvalue weighted by molar-refractivity contribution is 5.88.